The Morgan fingerprint density at radius 3 is 2.04 bits per heavy atom. The van der Waals surface area contributed by atoms with Gasteiger partial charge in [-0.25, -0.2) is 4.98 Å². The van der Waals surface area contributed by atoms with Crippen LogP contribution in [0.25, 0.3) is 10.9 Å². The number of hydrogen-bond donors (Lipinski definition) is 0. The molecule has 0 spiro atoms. The van der Waals surface area contributed by atoms with E-state index >= 15 is 0 Å². The maximum Gasteiger partial charge on any atom is 0.149 e. The van der Waals surface area contributed by atoms with E-state index in [0.29, 0.717) is 0 Å². The molecule has 2 saturated heterocycles. The van der Waals surface area contributed by atoms with Gasteiger partial charge in [0.25, 0.3) is 0 Å². The van der Waals surface area contributed by atoms with E-state index in [4.69, 9.17) is 4.98 Å². The van der Waals surface area contributed by atoms with E-state index in [1.165, 1.54) is 0 Å². The summed E-state index contributed by atoms with van der Waals surface area (Å²) in [4.78, 5) is 14.2. The molecule has 136 valence electrons. The quantitative estimate of drug-likeness (QED) is 0.820. The number of para-hydroxylation sites is 1. The van der Waals surface area contributed by atoms with Crippen molar-refractivity contribution in [3.8, 4) is 6.07 Å². The van der Waals surface area contributed by atoms with Crippen LogP contribution in [0.1, 0.15) is 5.56 Å². The first kappa shape index (κ1) is 17.1. The highest BCUT2D eigenvalue weighted by Gasteiger charge is 2.26. The van der Waals surface area contributed by atoms with Crippen LogP contribution in [-0.4, -0.2) is 81.2 Å². The average molecular weight is 350 g/mol. The zero-order chi connectivity index (χ0) is 18.1. The first-order valence-electron chi connectivity index (χ1n) is 9.37. The lowest BCUT2D eigenvalue weighted by Crippen LogP contribution is -2.46. The molecule has 0 atom stereocenters. The Morgan fingerprint density at radius 2 is 1.42 bits per heavy atom. The molecular formula is C20H26N6. The minimum atomic E-state index is 0.734. The lowest BCUT2D eigenvalue weighted by Gasteiger charge is -2.37. The summed E-state index contributed by atoms with van der Waals surface area (Å²) in [7, 11) is 4.30. The molecule has 0 N–H and O–H groups in total. The van der Waals surface area contributed by atoms with E-state index in [9.17, 15) is 5.26 Å². The Kier molecular flexibility index (Phi) is 4.66. The van der Waals surface area contributed by atoms with Gasteiger partial charge in [-0.1, -0.05) is 18.2 Å². The van der Waals surface area contributed by atoms with E-state index in [1.54, 1.807) is 0 Å². The third-order valence-electron chi connectivity index (χ3n) is 5.58. The van der Waals surface area contributed by atoms with Crippen LogP contribution in [0.4, 0.5) is 11.5 Å². The van der Waals surface area contributed by atoms with Crippen LogP contribution in [0.5, 0.6) is 0 Å². The average Bonchev–Trinajstić information content (AvgIpc) is 2.68. The first-order valence-corrected chi connectivity index (χ1v) is 9.37. The van der Waals surface area contributed by atoms with Gasteiger partial charge >= 0.3 is 0 Å². The van der Waals surface area contributed by atoms with E-state index in [1.807, 2.05) is 12.1 Å². The first-order chi connectivity index (χ1) is 12.7. The van der Waals surface area contributed by atoms with Gasteiger partial charge in [-0.15, -0.1) is 0 Å². The second kappa shape index (κ2) is 7.10. The molecule has 0 bridgehead atoms. The molecule has 6 heteroatoms. The molecule has 1 aromatic heterocycles. The monoisotopic (exact) mass is 350 g/mol. The summed E-state index contributed by atoms with van der Waals surface area (Å²) in [6.07, 6.45) is 0. The lowest BCUT2D eigenvalue weighted by molar-refractivity contribution is 0.311. The fourth-order valence-electron chi connectivity index (χ4n) is 3.89. The van der Waals surface area contributed by atoms with Crippen molar-refractivity contribution in [3.63, 3.8) is 0 Å². The Balaban J connectivity index is 1.84. The maximum atomic E-state index is 10.1. The number of nitrogens with zero attached hydrogens (tertiary/aromatic N) is 6. The molecule has 4 rings (SSSR count). The largest absolute Gasteiger partial charge is 0.367 e. The van der Waals surface area contributed by atoms with Crippen LogP contribution in [-0.2, 0) is 0 Å². The minimum absolute atomic E-state index is 0.734. The second-order valence-corrected chi connectivity index (χ2v) is 7.37. The molecule has 2 aliphatic rings. The van der Waals surface area contributed by atoms with E-state index in [2.05, 4.69) is 51.9 Å². The van der Waals surface area contributed by atoms with Crippen molar-refractivity contribution in [3.05, 3.63) is 29.8 Å². The molecule has 0 aliphatic carbocycles. The molecule has 2 fully saturated rings. The van der Waals surface area contributed by atoms with Crippen LogP contribution in [0.2, 0.25) is 0 Å². The van der Waals surface area contributed by atoms with Gasteiger partial charge in [-0.2, -0.15) is 5.26 Å². The zero-order valence-corrected chi connectivity index (χ0v) is 15.6. The highest BCUT2D eigenvalue weighted by Crippen LogP contribution is 2.36. The molecule has 26 heavy (non-hydrogen) atoms. The van der Waals surface area contributed by atoms with Crippen molar-refractivity contribution >= 4 is 22.4 Å². The molecule has 0 saturated carbocycles. The second-order valence-electron chi connectivity index (χ2n) is 7.37. The fourth-order valence-corrected chi connectivity index (χ4v) is 3.89. The number of likely N-dealkylation sites (N-methyl/N-ethyl adjacent to an activating group) is 2. The molecule has 1 aromatic carbocycles. The van der Waals surface area contributed by atoms with Gasteiger partial charge in [0.2, 0.25) is 0 Å². The van der Waals surface area contributed by atoms with Gasteiger partial charge in [0.15, 0.2) is 0 Å². The summed E-state index contributed by atoms with van der Waals surface area (Å²) in [5.74, 6) is 0.855. The van der Waals surface area contributed by atoms with Gasteiger partial charge < -0.3 is 19.6 Å². The highest BCUT2D eigenvalue weighted by atomic mass is 15.3. The smallest absolute Gasteiger partial charge is 0.149 e. The number of piperazine rings is 2. The SMILES string of the molecule is CN1CCN(c2nc3ccccc3c(N3CCN(C)CC3)c2C#N)CC1. The van der Waals surface area contributed by atoms with Gasteiger partial charge in [-0.05, 0) is 20.2 Å². The van der Waals surface area contributed by atoms with Crippen LogP contribution >= 0.6 is 0 Å². The number of fused-ring (bicyclic) bond motifs is 1. The molecule has 3 heterocycles. The number of pyridine rings is 1. The number of aromatic nitrogens is 1. The number of anilines is 2. The molecular weight excluding hydrogens is 324 g/mol. The Bertz CT molecular complexity index is 826. The number of nitriles is 1. The van der Waals surface area contributed by atoms with E-state index < -0.39 is 0 Å². The van der Waals surface area contributed by atoms with Crippen LogP contribution in [0.15, 0.2) is 24.3 Å². The normalized spacial score (nSPS) is 19.7. The van der Waals surface area contributed by atoms with Crippen LogP contribution in [0, 0.1) is 11.3 Å². The van der Waals surface area contributed by atoms with Gasteiger partial charge in [0.1, 0.15) is 17.5 Å². The summed E-state index contributed by atoms with van der Waals surface area (Å²) >= 11 is 0. The maximum absolute atomic E-state index is 10.1. The molecule has 0 radical (unpaired) electrons. The third-order valence-corrected chi connectivity index (χ3v) is 5.58. The summed E-state index contributed by atoms with van der Waals surface area (Å²) in [5, 5.41) is 11.1. The summed E-state index contributed by atoms with van der Waals surface area (Å²) < 4.78 is 0. The van der Waals surface area contributed by atoms with Gasteiger partial charge in [0.05, 0.1) is 11.2 Å². The van der Waals surface area contributed by atoms with Crippen molar-refractivity contribution in [1.82, 2.24) is 14.8 Å². The number of benzene rings is 1. The number of rotatable bonds is 2. The Morgan fingerprint density at radius 1 is 0.846 bits per heavy atom. The molecule has 0 amide bonds. The Hall–Kier alpha value is -2.36. The predicted octanol–water partition coefficient (Wildman–Crippen LogP) is 1.61. The molecule has 0 unspecified atom stereocenters. The molecule has 2 aliphatic heterocycles. The molecule has 2 aromatic rings. The van der Waals surface area contributed by atoms with Crippen molar-refractivity contribution < 1.29 is 0 Å². The summed E-state index contributed by atoms with van der Waals surface area (Å²) in [5.41, 5.74) is 2.78. The van der Waals surface area contributed by atoms with E-state index in [-0.39, 0.29) is 0 Å². The van der Waals surface area contributed by atoms with Gasteiger partial charge in [-0.3, -0.25) is 0 Å². The van der Waals surface area contributed by atoms with E-state index in [0.717, 1.165) is 80.3 Å². The van der Waals surface area contributed by atoms with Crippen molar-refractivity contribution in [2.24, 2.45) is 0 Å². The Labute approximate surface area is 155 Å². The van der Waals surface area contributed by atoms with Crippen LogP contribution in [0.3, 0.4) is 0 Å². The van der Waals surface area contributed by atoms with Crippen LogP contribution < -0.4 is 9.80 Å². The standard InChI is InChI=1S/C20H26N6/c1-23-7-11-25(12-8-23)19-16-5-3-4-6-18(16)22-20(17(19)15-21)26-13-9-24(2)10-14-26/h3-6H,7-14H2,1-2H3. The summed E-state index contributed by atoms with van der Waals surface area (Å²) in [6, 6.07) is 10.7. The third kappa shape index (κ3) is 3.09. The van der Waals surface area contributed by atoms with Gasteiger partial charge in [0, 0.05) is 57.7 Å². The van der Waals surface area contributed by atoms with Crippen molar-refractivity contribution in [2.45, 2.75) is 0 Å². The highest BCUT2D eigenvalue weighted by molar-refractivity contribution is 5.97. The molecule has 6 nitrogen and oxygen atoms in total. The lowest BCUT2D eigenvalue weighted by atomic mass is 10.1. The predicted molar refractivity (Wildman–Crippen MR) is 106 cm³/mol. The van der Waals surface area contributed by atoms with Crippen molar-refractivity contribution in [1.29, 1.82) is 5.26 Å². The number of hydrogen-bond acceptors (Lipinski definition) is 6. The fraction of sp³-hybridized carbons (Fsp3) is 0.500. The summed E-state index contributed by atoms with van der Waals surface area (Å²) in [6.45, 7) is 7.77. The van der Waals surface area contributed by atoms with Crippen molar-refractivity contribution in [2.75, 3.05) is 76.3 Å². The minimum Gasteiger partial charge on any atom is -0.367 e. The topological polar surface area (TPSA) is 49.6 Å². The zero-order valence-electron chi connectivity index (χ0n) is 15.6.